The third kappa shape index (κ3) is 3.08. The molecule has 0 spiro atoms. The minimum Gasteiger partial charge on any atom is -0.309 e. The van der Waals surface area contributed by atoms with Crippen LogP contribution in [0.15, 0.2) is 24.3 Å². The van der Waals surface area contributed by atoms with Crippen LogP contribution >= 0.6 is 0 Å². The van der Waals surface area contributed by atoms with Crippen molar-refractivity contribution in [2.24, 2.45) is 11.8 Å². The summed E-state index contributed by atoms with van der Waals surface area (Å²) in [5, 5.41) is 3.72. The summed E-state index contributed by atoms with van der Waals surface area (Å²) in [6, 6.07) is 9.55. The van der Waals surface area contributed by atoms with Gasteiger partial charge in [0.1, 0.15) is 0 Å². The molecule has 88 valence electrons. The van der Waals surface area contributed by atoms with Crippen LogP contribution in [0, 0.1) is 18.8 Å². The molecule has 1 unspecified atom stereocenters. The van der Waals surface area contributed by atoms with Crippen molar-refractivity contribution in [2.45, 2.75) is 46.2 Å². The van der Waals surface area contributed by atoms with Crippen molar-refractivity contribution < 1.29 is 0 Å². The standard InChI is InChI=1S/C15H23N/c1-11(2)15(14-8-9-14)16-10-13-6-4-12(3)5-7-13/h4-7,11,14-16H,8-10H2,1-3H3. The number of aryl methyl sites for hydroxylation is 1. The lowest BCUT2D eigenvalue weighted by atomic mass is 9.99. The molecule has 0 heterocycles. The van der Waals surface area contributed by atoms with Crippen LogP contribution in [0.3, 0.4) is 0 Å². The van der Waals surface area contributed by atoms with Crippen molar-refractivity contribution in [2.75, 3.05) is 0 Å². The fourth-order valence-electron chi connectivity index (χ4n) is 2.34. The van der Waals surface area contributed by atoms with Crippen LogP contribution in [-0.4, -0.2) is 6.04 Å². The maximum Gasteiger partial charge on any atom is 0.0208 e. The zero-order valence-corrected chi connectivity index (χ0v) is 10.7. The van der Waals surface area contributed by atoms with Gasteiger partial charge in [-0.2, -0.15) is 0 Å². The summed E-state index contributed by atoms with van der Waals surface area (Å²) in [6.07, 6.45) is 2.84. The van der Waals surface area contributed by atoms with E-state index in [1.807, 2.05) is 0 Å². The molecular weight excluding hydrogens is 194 g/mol. The summed E-state index contributed by atoms with van der Waals surface area (Å²) in [6.45, 7) is 7.80. The molecule has 1 nitrogen and oxygen atoms in total. The Morgan fingerprint density at radius 3 is 2.31 bits per heavy atom. The van der Waals surface area contributed by atoms with E-state index < -0.39 is 0 Å². The lowest BCUT2D eigenvalue weighted by molar-refractivity contribution is 0.359. The first kappa shape index (κ1) is 11.7. The van der Waals surface area contributed by atoms with Crippen LogP contribution in [0.4, 0.5) is 0 Å². The Morgan fingerprint density at radius 2 is 1.81 bits per heavy atom. The maximum absolute atomic E-state index is 3.72. The zero-order chi connectivity index (χ0) is 11.5. The van der Waals surface area contributed by atoms with Gasteiger partial charge in [0.2, 0.25) is 0 Å². The van der Waals surface area contributed by atoms with Gasteiger partial charge >= 0.3 is 0 Å². The second-order valence-corrected chi connectivity index (χ2v) is 5.47. The number of benzene rings is 1. The van der Waals surface area contributed by atoms with E-state index in [9.17, 15) is 0 Å². The van der Waals surface area contributed by atoms with E-state index in [4.69, 9.17) is 0 Å². The Kier molecular flexibility index (Phi) is 3.65. The average molecular weight is 217 g/mol. The highest BCUT2D eigenvalue weighted by Crippen LogP contribution is 2.35. The molecule has 1 aliphatic carbocycles. The molecule has 0 saturated heterocycles. The van der Waals surface area contributed by atoms with Gasteiger partial charge in [0.25, 0.3) is 0 Å². The molecule has 0 bridgehead atoms. The molecule has 0 aromatic heterocycles. The monoisotopic (exact) mass is 217 g/mol. The van der Waals surface area contributed by atoms with Crippen LogP contribution in [-0.2, 0) is 6.54 Å². The predicted molar refractivity (Wildman–Crippen MR) is 69.4 cm³/mol. The zero-order valence-electron chi connectivity index (χ0n) is 10.7. The lowest BCUT2D eigenvalue weighted by Gasteiger charge is -2.22. The summed E-state index contributed by atoms with van der Waals surface area (Å²) in [5.74, 6) is 1.68. The van der Waals surface area contributed by atoms with E-state index in [1.165, 1.54) is 24.0 Å². The fraction of sp³-hybridized carbons (Fsp3) is 0.600. The first-order valence-corrected chi connectivity index (χ1v) is 6.46. The molecule has 1 aromatic carbocycles. The normalized spacial score (nSPS) is 17.8. The number of hydrogen-bond donors (Lipinski definition) is 1. The van der Waals surface area contributed by atoms with Crippen molar-refractivity contribution >= 4 is 0 Å². The van der Waals surface area contributed by atoms with Gasteiger partial charge in [-0.1, -0.05) is 43.7 Å². The summed E-state index contributed by atoms with van der Waals surface area (Å²) in [5.41, 5.74) is 2.74. The quantitative estimate of drug-likeness (QED) is 0.795. The highest BCUT2D eigenvalue weighted by Gasteiger charge is 2.32. The van der Waals surface area contributed by atoms with Gasteiger partial charge in [-0.05, 0) is 37.2 Å². The van der Waals surface area contributed by atoms with E-state index in [-0.39, 0.29) is 0 Å². The molecule has 1 aromatic rings. The molecule has 1 aliphatic rings. The minimum atomic E-state index is 0.710. The second-order valence-electron chi connectivity index (χ2n) is 5.47. The minimum absolute atomic E-state index is 0.710. The highest BCUT2D eigenvalue weighted by molar-refractivity contribution is 5.21. The van der Waals surface area contributed by atoms with E-state index in [1.54, 1.807) is 0 Å². The Balaban J connectivity index is 1.87. The van der Waals surface area contributed by atoms with Gasteiger partial charge in [0.05, 0.1) is 0 Å². The summed E-state index contributed by atoms with van der Waals surface area (Å²) in [4.78, 5) is 0. The molecule has 0 aliphatic heterocycles. The SMILES string of the molecule is Cc1ccc(CNC(C(C)C)C2CC2)cc1. The van der Waals surface area contributed by atoms with Crippen molar-refractivity contribution in [3.8, 4) is 0 Å². The Labute approximate surface area is 99.3 Å². The molecule has 1 N–H and O–H groups in total. The van der Waals surface area contributed by atoms with Crippen molar-refractivity contribution in [3.05, 3.63) is 35.4 Å². The highest BCUT2D eigenvalue weighted by atomic mass is 14.9. The number of nitrogens with one attached hydrogen (secondary N) is 1. The van der Waals surface area contributed by atoms with Crippen LogP contribution in [0.2, 0.25) is 0 Å². The molecule has 2 rings (SSSR count). The van der Waals surface area contributed by atoms with Crippen molar-refractivity contribution in [3.63, 3.8) is 0 Å². The summed E-state index contributed by atoms with van der Waals surface area (Å²) < 4.78 is 0. The Morgan fingerprint density at radius 1 is 1.19 bits per heavy atom. The Bertz CT molecular complexity index is 320. The third-order valence-corrected chi connectivity index (χ3v) is 3.51. The largest absolute Gasteiger partial charge is 0.309 e. The summed E-state index contributed by atoms with van der Waals surface area (Å²) >= 11 is 0. The van der Waals surface area contributed by atoms with Gasteiger partial charge in [0, 0.05) is 12.6 Å². The maximum atomic E-state index is 3.72. The van der Waals surface area contributed by atoms with Gasteiger partial charge in [-0.25, -0.2) is 0 Å². The first-order valence-electron chi connectivity index (χ1n) is 6.46. The topological polar surface area (TPSA) is 12.0 Å². The van der Waals surface area contributed by atoms with E-state index in [2.05, 4.69) is 50.4 Å². The van der Waals surface area contributed by atoms with Crippen LogP contribution in [0.5, 0.6) is 0 Å². The molecule has 1 fully saturated rings. The Hall–Kier alpha value is -0.820. The van der Waals surface area contributed by atoms with Crippen LogP contribution in [0.25, 0.3) is 0 Å². The summed E-state index contributed by atoms with van der Waals surface area (Å²) in [7, 11) is 0. The van der Waals surface area contributed by atoms with Crippen molar-refractivity contribution in [1.29, 1.82) is 0 Å². The average Bonchev–Trinajstić information content (AvgIpc) is 3.05. The van der Waals surface area contributed by atoms with E-state index >= 15 is 0 Å². The third-order valence-electron chi connectivity index (χ3n) is 3.51. The molecular formula is C15H23N. The second kappa shape index (κ2) is 5.01. The number of hydrogen-bond acceptors (Lipinski definition) is 1. The van der Waals surface area contributed by atoms with Gasteiger partial charge in [-0.3, -0.25) is 0 Å². The smallest absolute Gasteiger partial charge is 0.0208 e. The molecule has 1 atom stereocenters. The molecule has 0 amide bonds. The van der Waals surface area contributed by atoms with Crippen molar-refractivity contribution in [1.82, 2.24) is 5.32 Å². The van der Waals surface area contributed by atoms with Gasteiger partial charge < -0.3 is 5.32 Å². The molecule has 0 radical (unpaired) electrons. The van der Waals surface area contributed by atoms with Crippen LogP contribution in [0.1, 0.15) is 37.8 Å². The van der Waals surface area contributed by atoms with Gasteiger partial charge in [-0.15, -0.1) is 0 Å². The van der Waals surface area contributed by atoms with Crippen LogP contribution < -0.4 is 5.32 Å². The first-order chi connectivity index (χ1) is 7.66. The molecule has 1 saturated carbocycles. The lowest BCUT2D eigenvalue weighted by Crippen LogP contribution is -2.35. The van der Waals surface area contributed by atoms with E-state index in [0.29, 0.717) is 6.04 Å². The fourth-order valence-corrected chi connectivity index (χ4v) is 2.34. The van der Waals surface area contributed by atoms with Gasteiger partial charge in [0.15, 0.2) is 0 Å². The van der Waals surface area contributed by atoms with E-state index in [0.717, 1.165) is 18.4 Å². The predicted octanol–water partition coefficient (Wildman–Crippen LogP) is 3.52. The molecule has 16 heavy (non-hydrogen) atoms. The number of rotatable bonds is 5. The molecule has 1 heteroatoms.